The number of thiazole rings is 1. The van der Waals surface area contributed by atoms with E-state index in [1.165, 1.54) is 11.3 Å². The summed E-state index contributed by atoms with van der Waals surface area (Å²) in [5.74, 6) is 0.314. The molecule has 0 spiro atoms. The van der Waals surface area contributed by atoms with E-state index in [9.17, 15) is 0 Å². The average molecular weight is 297 g/mol. The van der Waals surface area contributed by atoms with Crippen LogP contribution in [0.25, 0.3) is 0 Å². The zero-order valence-electron chi connectivity index (χ0n) is 13.4. The van der Waals surface area contributed by atoms with E-state index in [0.29, 0.717) is 17.7 Å². The van der Waals surface area contributed by atoms with Crippen molar-refractivity contribution < 1.29 is 14.0 Å². The van der Waals surface area contributed by atoms with E-state index in [1.807, 2.05) is 6.92 Å². The molecule has 0 saturated carbocycles. The summed E-state index contributed by atoms with van der Waals surface area (Å²) in [7, 11) is -0.357. The zero-order chi connectivity index (χ0) is 15.1. The molecule has 0 aliphatic carbocycles. The zero-order valence-corrected chi connectivity index (χ0v) is 14.3. The third-order valence-electron chi connectivity index (χ3n) is 3.94. The van der Waals surface area contributed by atoms with Gasteiger partial charge in [-0.15, -0.1) is 0 Å². The van der Waals surface area contributed by atoms with E-state index in [4.69, 9.17) is 14.0 Å². The molecule has 0 aromatic carbocycles. The van der Waals surface area contributed by atoms with Gasteiger partial charge in [0.1, 0.15) is 0 Å². The van der Waals surface area contributed by atoms with Gasteiger partial charge in [0.05, 0.1) is 28.3 Å². The molecule has 0 amide bonds. The minimum absolute atomic E-state index is 0.314. The van der Waals surface area contributed by atoms with Crippen molar-refractivity contribution in [3.63, 3.8) is 0 Å². The molecule has 2 rings (SSSR count). The minimum atomic E-state index is -0.357. The number of aromatic nitrogens is 1. The van der Waals surface area contributed by atoms with Gasteiger partial charge >= 0.3 is 7.12 Å². The van der Waals surface area contributed by atoms with Gasteiger partial charge in [0.25, 0.3) is 5.19 Å². The molecule has 1 aromatic rings. The number of hydrogen-bond acceptors (Lipinski definition) is 5. The summed E-state index contributed by atoms with van der Waals surface area (Å²) in [5.41, 5.74) is 0.348. The maximum absolute atomic E-state index is 6.13. The van der Waals surface area contributed by atoms with Crippen LogP contribution in [0.5, 0.6) is 5.19 Å². The fourth-order valence-electron chi connectivity index (χ4n) is 2.04. The molecule has 1 aromatic heterocycles. The maximum atomic E-state index is 6.13. The molecule has 112 valence electrons. The second-order valence-electron chi connectivity index (χ2n) is 6.41. The third kappa shape index (κ3) is 2.74. The molecule has 1 aliphatic heterocycles. The van der Waals surface area contributed by atoms with Crippen LogP contribution in [-0.4, -0.2) is 29.9 Å². The largest absolute Gasteiger partial charge is 0.507 e. The van der Waals surface area contributed by atoms with Gasteiger partial charge in [-0.25, -0.2) is 4.98 Å². The van der Waals surface area contributed by atoms with Gasteiger partial charge in [-0.2, -0.15) is 0 Å². The molecular formula is C14H24BNO3S. The van der Waals surface area contributed by atoms with Crippen molar-refractivity contribution in [3.8, 4) is 5.19 Å². The Kier molecular flexibility index (Phi) is 4.20. The molecule has 2 heterocycles. The lowest BCUT2D eigenvalue weighted by Gasteiger charge is -2.32. The third-order valence-corrected chi connectivity index (χ3v) is 4.95. The van der Waals surface area contributed by atoms with Crippen molar-refractivity contribution in [2.45, 2.75) is 65.6 Å². The van der Waals surface area contributed by atoms with E-state index in [-0.39, 0.29) is 18.3 Å². The van der Waals surface area contributed by atoms with Gasteiger partial charge in [0.2, 0.25) is 0 Å². The van der Waals surface area contributed by atoms with Crippen LogP contribution < -0.4 is 9.51 Å². The molecule has 4 nitrogen and oxygen atoms in total. The molecule has 0 unspecified atom stereocenters. The number of nitrogens with zero attached hydrogens (tertiary/aromatic N) is 1. The summed E-state index contributed by atoms with van der Waals surface area (Å²) >= 11 is 1.53. The Hall–Kier alpha value is -0.585. The first kappa shape index (κ1) is 15.8. The molecule has 1 saturated heterocycles. The summed E-state index contributed by atoms with van der Waals surface area (Å²) in [6.07, 6.45) is 0. The molecule has 0 radical (unpaired) electrons. The van der Waals surface area contributed by atoms with Crippen LogP contribution in [-0.2, 0) is 9.31 Å². The Morgan fingerprint density at radius 2 is 1.75 bits per heavy atom. The van der Waals surface area contributed by atoms with E-state index in [0.717, 1.165) is 10.5 Å². The smallest absolute Gasteiger partial charge is 0.470 e. The van der Waals surface area contributed by atoms with Crippen molar-refractivity contribution in [2.24, 2.45) is 0 Å². The first-order valence-corrected chi connectivity index (χ1v) is 7.98. The van der Waals surface area contributed by atoms with Gasteiger partial charge in [-0.3, -0.25) is 0 Å². The summed E-state index contributed by atoms with van der Waals surface area (Å²) in [6, 6.07) is 0. The van der Waals surface area contributed by atoms with Crippen molar-refractivity contribution >= 4 is 23.2 Å². The number of rotatable bonds is 4. The lowest BCUT2D eigenvalue weighted by atomic mass is 9.84. The highest BCUT2D eigenvalue weighted by atomic mass is 32.1. The molecule has 0 atom stereocenters. The fraction of sp³-hybridized carbons (Fsp3) is 0.786. The van der Waals surface area contributed by atoms with Crippen molar-refractivity contribution in [2.75, 3.05) is 6.61 Å². The Morgan fingerprint density at radius 1 is 1.20 bits per heavy atom. The van der Waals surface area contributed by atoms with Crippen LogP contribution >= 0.6 is 11.3 Å². The lowest BCUT2D eigenvalue weighted by Crippen LogP contribution is -2.41. The Balaban J connectivity index is 2.33. The minimum Gasteiger partial charge on any atom is -0.470 e. The van der Waals surface area contributed by atoms with Gasteiger partial charge in [0.15, 0.2) is 0 Å². The van der Waals surface area contributed by atoms with Gasteiger partial charge in [-0.05, 0) is 40.5 Å². The first-order valence-electron chi connectivity index (χ1n) is 7.17. The quantitative estimate of drug-likeness (QED) is 0.801. The maximum Gasteiger partial charge on any atom is 0.507 e. The number of ether oxygens (including phenoxy) is 1. The topological polar surface area (TPSA) is 40.6 Å². The Bertz CT molecular complexity index is 469. The second-order valence-corrected chi connectivity index (χ2v) is 7.40. The van der Waals surface area contributed by atoms with E-state index in [1.54, 1.807) is 0 Å². The highest BCUT2D eigenvalue weighted by Crippen LogP contribution is 2.38. The van der Waals surface area contributed by atoms with Gasteiger partial charge < -0.3 is 14.0 Å². The summed E-state index contributed by atoms with van der Waals surface area (Å²) in [4.78, 5) is 4.58. The molecule has 0 N–H and O–H groups in total. The first-order chi connectivity index (χ1) is 9.18. The molecular weight excluding hydrogens is 273 g/mol. The molecule has 1 aliphatic rings. The molecule has 0 bridgehead atoms. The molecule has 20 heavy (non-hydrogen) atoms. The Morgan fingerprint density at radius 3 is 2.20 bits per heavy atom. The van der Waals surface area contributed by atoms with Crippen molar-refractivity contribution in [3.05, 3.63) is 5.69 Å². The van der Waals surface area contributed by atoms with Gasteiger partial charge in [-0.1, -0.05) is 25.2 Å². The van der Waals surface area contributed by atoms with E-state index in [2.05, 4.69) is 46.5 Å². The van der Waals surface area contributed by atoms with Crippen LogP contribution in [0.1, 0.15) is 60.1 Å². The summed E-state index contributed by atoms with van der Waals surface area (Å²) < 4.78 is 18.8. The predicted molar refractivity (Wildman–Crippen MR) is 83.1 cm³/mol. The summed E-state index contributed by atoms with van der Waals surface area (Å²) in [6.45, 7) is 15.1. The number of hydrogen-bond donors (Lipinski definition) is 0. The summed E-state index contributed by atoms with van der Waals surface area (Å²) in [5, 5.41) is 0.695. The van der Waals surface area contributed by atoms with E-state index >= 15 is 0 Å². The predicted octanol–water partition coefficient (Wildman–Crippen LogP) is 2.96. The normalized spacial score (nSPS) is 20.7. The van der Waals surface area contributed by atoms with Crippen LogP contribution in [0.15, 0.2) is 0 Å². The Labute approximate surface area is 126 Å². The average Bonchev–Trinajstić information content (AvgIpc) is 2.79. The van der Waals surface area contributed by atoms with Crippen molar-refractivity contribution in [1.29, 1.82) is 0 Å². The molecule has 6 heteroatoms. The van der Waals surface area contributed by atoms with Crippen molar-refractivity contribution in [1.82, 2.24) is 4.98 Å². The van der Waals surface area contributed by atoms with Crippen LogP contribution in [0.3, 0.4) is 0 Å². The van der Waals surface area contributed by atoms with Crippen LogP contribution in [0.2, 0.25) is 0 Å². The fourth-order valence-corrected chi connectivity index (χ4v) is 3.13. The van der Waals surface area contributed by atoms with E-state index < -0.39 is 0 Å². The lowest BCUT2D eigenvalue weighted by molar-refractivity contribution is 0.00578. The highest BCUT2D eigenvalue weighted by molar-refractivity contribution is 7.23. The monoisotopic (exact) mass is 297 g/mol. The van der Waals surface area contributed by atoms with Gasteiger partial charge in [0, 0.05) is 0 Å². The van der Waals surface area contributed by atoms with Crippen LogP contribution in [0, 0.1) is 0 Å². The molecule has 1 fully saturated rings. The highest BCUT2D eigenvalue weighted by Gasteiger charge is 2.53. The SMILES string of the molecule is CCOc1nc(C(C)C)c(B2OC(C)(C)C(C)(C)O2)s1. The standard InChI is InChI=1S/C14H24BNO3S/c1-8-17-12-16-10(9(2)3)11(20-12)15-18-13(4,5)14(6,7)19-15/h9H,8H2,1-7H3. The second kappa shape index (κ2) is 5.32. The van der Waals surface area contributed by atoms with Crippen LogP contribution in [0.4, 0.5) is 0 Å².